The van der Waals surface area contributed by atoms with Crippen molar-refractivity contribution in [3.63, 3.8) is 0 Å². The van der Waals surface area contributed by atoms with E-state index in [9.17, 15) is 26.3 Å². The van der Waals surface area contributed by atoms with Gasteiger partial charge in [-0.2, -0.15) is 26.3 Å². The average molecular weight is 412 g/mol. The molecule has 0 bridgehead atoms. The van der Waals surface area contributed by atoms with Crippen molar-refractivity contribution in [2.24, 2.45) is 4.99 Å². The van der Waals surface area contributed by atoms with E-state index in [1.165, 1.54) is 24.1 Å². The molecule has 1 aromatic carbocycles. The molecular formula is C17H22F6N4O. The van der Waals surface area contributed by atoms with Gasteiger partial charge < -0.3 is 15.4 Å². The van der Waals surface area contributed by atoms with Crippen molar-refractivity contribution >= 4 is 5.96 Å². The van der Waals surface area contributed by atoms with Crippen LogP contribution in [0.25, 0.3) is 0 Å². The van der Waals surface area contributed by atoms with E-state index in [1.807, 2.05) is 0 Å². The van der Waals surface area contributed by atoms with E-state index in [4.69, 9.17) is 4.74 Å². The Balaban J connectivity index is 1.69. The normalized spacial score (nSPS) is 19.0. The number of rotatable bonds is 6. The Hall–Kier alpha value is -2.17. The summed E-state index contributed by atoms with van der Waals surface area (Å²) in [6.45, 7) is 0.183. The molecule has 1 atom stereocenters. The Bertz CT molecular complexity index is 645. The number of nitrogens with one attached hydrogen (secondary N) is 2. The number of nitrogens with zero attached hydrogens (tertiary/aromatic N) is 2. The highest BCUT2D eigenvalue weighted by atomic mass is 19.4. The van der Waals surface area contributed by atoms with Crippen LogP contribution < -0.4 is 15.4 Å². The minimum Gasteiger partial charge on any atom is -0.492 e. The van der Waals surface area contributed by atoms with Crippen molar-refractivity contribution in [2.45, 2.75) is 24.8 Å². The van der Waals surface area contributed by atoms with Crippen LogP contribution >= 0.6 is 0 Å². The summed E-state index contributed by atoms with van der Waals surface area (Å²) in [4.78, 5) is 5.34. The van der Waals surface area contributed by atoms with Crippen LogP contribution in [0.15, 0.2) is 29.3 Å². The zero-order valence-corrected chi connectivity index (χ0v) is 15.2. The maximum atomic E-state index is 12.5. The molecule has 1 aliphatic rings. The molecule has 158 valence electrons. The summed E-state index contributed by atoms with van der Waals surface area (Å²) in [7, 11) is 1.54. The fourth-order valence-electron chi connectivity index (χ4n) is 2.81. The lowest BCUT2D eigenvalue weighted by Crippen LogP contribution is -2.46. The van der Waals surface area contributed by atoms with Gasteiger partial charge >= 0.3 is 12.4 Å². The smallest absolute Gasteiger partial charge is 0.416 e. The number of hydrogen-bond donors (Lipinski definition) is 2. The van der Waals surface area contributed by atoms with Gasteiger partial charge in [0.15, 0.2) is 5.96 Å². The van der Waals surface area contributed by atoms with E-state index in [0.717, 1.165) is 12.1 Å². The van der Waals surface area contributed by atoms with Crippen LogP contribution in [0.1, 0.15) is 12.0 Å². The zero-order valence-electron chi connectivity index (χ0n) is 15.2. The predicted octanol–water partition coefficient (Wildman–Crippen LogP) is 2.89. The summed E-state index contributed by atoms with van der Waals surface area (Å²) >= 11 is 0. The van der Waals surface area contributed by atoms with E-state index in [1.54, 1.807) is 0 Å². The van der Waals surface area contributed by atoms with Gasteiger partial charge in [-0.3, -0.25) is 9.89 Å². The van der Waals surface area contributed by atoms with Gasteiger partial charge in [0.1, 0.15) is 12.4 Å². The van der Waals surface area contributed by atoms with Crippen molar-refractivity contribution in [3.05, 3.63) is 29.8 Å². The number of halogens is 6. The number of ether oxygens (including phenoxy) is 1. The molecule has 28 heavy (non-hydrogen) atoms. The number of likely N-dealkylation sites (tertiary alicyclic amines) is 1. The fourth-order valence-corrected chi connectivity index (χ4v) is 2.81. The maximum Gasteiger partial charge on any atom is 0.416 e. The van der Waals surface area contributed by atoms with E-state index >= 15 is 0 Å². The lowest BCUT2D eigenvalue weighted by molar-refractivity contribution is -0.143. The summed E-state index contributed by atoms with van der Waals surface area (Å²) in [5, 5.41) is 6.01. The van der Waals surface area contributed by atoms with Crippen LogP contribution in [0.5, 0.6) is 5.75 Å². The summed E-state index contributed by atoms with van der Waals surface area (Å²) in [5.74, 6) is 0.728. The van der Waals surface area contributed by atoms with Gasteiger partial charge in [0, 0.05) is 26.2 Å². The summed E-state index contributed by atoms with van der Waals surface area (Å²) in [6, 6.07) is 4.21. The monoisotopic (exact) mass is 412 g/mol. The molecule has 11 heteroatoms. The van der Waals surface area contributed by atoms with E-state index in [-0.39, 0.29) is 19.2 Å². The Labute approximate surface area is 158 Å². The van der Waals surface area contributed by atoms with Gasteiger partial charge in [-0.25, -0.2) is 0 Å². The molecule has 0 aliphatic carbocycles. The summed E-state index contributed by atoms with van der Waals surface area (Å²) < 4.78 is 80.1. The zero-order chi connectivity index (χ0) is 20.8. The second-order valence-electron chi connectivity index (χ2n) is 6.35. The first-order chi connectivity index (χ1) is 13.1. The first-order valence-electron chi connectivity index (χ1n) is 8.63. The number of guanidine groups is 1. The Kier molecular flexibility index (Phi) is 7.39. The van der Waals surface area contributed by atoms with E-state index in [0.29, 0.717) is 31.2 Å². The number of benzene rings is 1. The Morgan fingerprint density at radius 1 is 1.18 bits per heavy atom. The van der Waals surface area contributed by atoms with Gasteiger partial charge in [-0.1, -0.05) is 0 Å². The first-order valence-corrected chi connectivity index (χ1v) is 8.63. The van der Waals surface area contributed by atoms with Crippen molar-refractivity contribution < 1.29 is 31.1 Å². The van der Waals surface area contributed by atoms with Crippen LogP contribution in [0.3, 0.4) is 0 Å². The summed E-state index contributed by atoms with van der Waals surface area (Å²) in [5.41, 5.74) is -0.751. The van der Waals surface area contributed by atoms with Gasteiger partial charge in [0.25, 0.3) is 0 Å². The third-order valence-electron chi connectivity index (χ3n) is 4.08. The van der Waals surface area contributed by atoms with Gasteiger partial charge in [-0.15, -0.1) is 0 Å². The third kappa shape index (κ3) is 7.45. The van der Waals surface area contributed by atoms with Crippen LogP contribution in [0.2, 0.25) is 0 Å². The molecule has 1 aliphatic heterocycles. The quantitative estimate of drug-likeness (QED) is 0.327. The standard InChI is InChI=1S/C17H22F6N4O/c1-24-15(26-13-6-8-27(10-13)11-16(18,19)20)25-7-9-28-14-4-2-12(3-5-14)17(21,22)23/h2-5,13H,6-11H2,1H3,(H2,24,25,26). The van der Waals surface area contributed by atoms with Crippen LogP contribution in [0, 0.1) is 0 Å². The lowest BCUT2D eigenvalue weighted by Gasteiger charge is -2.19. The van der Waals surface area contributed by atoms with E-state index < -0.39 is 24.5 Å². The molecule has 2 N–H and O–H groups in total. The average Bonchev–Trinajstić information content (AvgIpc) is 3.02. The van der Waals surface area contributed by atoms with Crippen molar-refractivity contribution in [3.8, 4) is 5.75 Å². The first kappa shape index (κ1) is 22.1. The number of hydrogen-bond acceptors (Lipinski definition) is 3. The van der Waals surface area contributed by atoms with E-state index in [2.05, 4.69) is 15.6 Å². The van der Waals surface area contributed by atoms with Crippen LogP contribution in [0.4, 0.5) is 26.3 Å². The lowest BCUT2D eigenvalue weighted by atomic mass is 10.2. The molecule has 1 aromatic rings. The van der Waals surface area contributed by atoms with Crippen LogP contribution in [-0.4, -0.2) is 62.9 Å². The highest BCUT2D eigenvalue weighted by molar-refractivity contribution is 5.80. The van der Waals surface area contributed by atoms with Gasteiger partial charge in [0.2, 0.25) is 0 Å². The van der Waals surface area contributed by atoms with Crippen molar-refractivity contribution in [2.75, 3.05) is 39.8 Å². The molecule has 1 unspecified atom stereocenters. The second kappa shape index (κ2) is 9.35. The molecule has 0 amide bonds. The minimum atomic E-state index is -4.39. The highest BCUT2D eigenvalue weighted by Crippen LogP contribution is 2.30. The SMILES string of the molecule is CN=C(NCCOc1ccc(C(F)(F)F)cc1)NC1CCN(CC(F)(F)F)C1. The third-order valence-corrected chi connectivity index (χ3v) is 4.08. The fraction of sp³-hybridized carbons (Fsp3) is 0.588. The largest absolute Gasteiger partial charge is 0.492 e. The molecule has 1 saturated heterocycles. The number of aliphatic imine (C=N–C) groups is 1. The van der Waals surface area contributed by atoms with Crippen molar-refractivity contribution in [1.29, 1.82) is 0 Å². The Morgan fingerprint density at radius 2 is 1.86 bits per heavy atom. The highest BCUT2D eigenvalue weighted by Gasteiger charge is 2.34. The molecule has 1 fully saturated rings. The second-order valence-corrected chi connectivity index (χ2v) is 6.35. The molecule has 0 spiro atoms. The number of alkyl halides is 6. The molecule has 0 saturated carbocycles. The molecule has 1 heterocycles. The minimum absolute atomic E-state index is 0.149. The molecule has 5 nitrogen and oxygen atoms in total. The topological polar surface area (TPSA) is 48.9 Å². The molecule has 0 radical (unpaired) electrons. The van der Waals surface area contributed by atoms with Gasteiger partial charge in [-0.05, 0) is 30.7 Å². The predicted molar refractivity (Wildman–Crippen MR) is 92.3 cm³/mol. The van der Waals surface area contributed by atoms with Crippen molar-refractivity contribution in [1.82, 2.24) is 15.5 Å². The van der Waals surface area contributed by atoms with Gasteiger partial charge in [0.05, 0.1) is 18.7 Å². The molecular weight excluding hydrogens is 390 g/mol. The van der Waals surface area contributed by atoms with Crippen LogP contribution in [-0.2, 0) is 6.18 Å². The maximum absolute atomic E-state index is 12.5. The molecule has 2 rings (SSSR count). The Morgan fingerprint density at radius 3 is 2.43 bits per heavy atom. The molecule has 0 aromatic heterocycles. The summed E-state index contributed by atoms with van der Waals surface area (Å²) in [6.07, 6.45) is -8.04.